The molecule has 0 aliphatic heterocycles. The first-order valence-electron chi connectivity index (χ1n) is 5.38. The largest absolute Gasteiger partial charge is 0.507 e. The number of aromatic hydroxyl groups is 1. The number of hydrogen-bond acceptors (Lipinski definition) is 4. The number of nitrogens with one attached hydrogen (secondary N) is 1. The van der Waals surface area contributed by atoms with Gasteiger partial charge in [-0.25, -0.2) is 0 Å². The zero-order valence-corrected chi connectivity index (χ0v) is 9.73. The molecular formula is C12H19NO3. The predicted molar refractivity (Wildman–Crippen MR) is 62.7 cm³/mol. The van der Waals surface area contributed by atoms with E-state index >= 15 is 0 Å². The highest BCUT2D eigenvalue weighted by molar-refractivity contribution is 5.39. The highest BCUT2D eigenvalue weighted by Gasteiger charge is 2.02. The lowest BCUT2D eigenvalue weighted by atomic mass is 10.2. The van der Waals surface area contributed by atoms with Crippen LogP contribution < -0.4 is 10.1 Å². The Kier molecular flexibility index (Phi) is 5.08. The summed E-state index contributed by atoms with van der Waals surface area (Å²) >= 11 is 0. The molecule has 1 aromatic carbocycles. The van der Waals surface area contributed by atoms with Crippen LogP contribution in [0.5, 0.6) is 11.5 Å². The molecule has 90 valence electrons. The summed E-state index contributed by atoms with van der Waals surface area (Å²) in [5.41, 5.74) is 0.825. The lowest BCUT2D eigenvalue weighted by Gasteiger charge is -2.09. The van der Waals surface area contributed by atoms with Crippen molar-refractivity contribution in [1.82, 2.24) is 5.32 Å². The van der Waals surface area contributed by atoms with E-state index in [0.717, 1.165) is 12.1 Å². The Balaban J connectivity index is 2.42. The summed E-state index contributed by atoms with van der Waals surface area (Å²) in [5, 5.41) is 21.9. The summed E-state index contributed by atoms with van der Waals surface area (Å²) in [6, 6.07) is 5.22. The Bertz CT molecular complexity index is 326. The van der Waals surface area contributed by atoms with Gasteiger partial charge in [-0.3, -0.25) is 0 Å². The predicted octanol–water partition coefficient (Wildman–Crippen LogP) is 1.26. The molecule has 0 amide bonds. The highest BCUT2D eigenvalue weighted by Crippen LogP contribution is 2.22. The molecule has 1 rings (SSSR count). The topological polar surface area (TPSA) is 61.7 Å². The van der Waals surface area contributed by atoms with Gasteiger partial charge in [0.05, 0.1) is 13.2 Å². The van der Waals surface area contributed by atoms with Crippen LogP contribution in [0.3, 0.4) is 0 Å². The van der Waals surface area contributed by atoms with Gasteiger partial charge < -0.3 is 20.3 Å². The fourth-order valence-corrected chi connectivity index (χ4v) is 1.35. The Morgan fingerprint density at radius 1 is 1.44 bits per heavy atom. The average Bonchev–Trinajstić information content (AvgIpc) is 2.25. The molecule has 3 N–H and O–H groups in total. The number of benzene rings is 1. The Morgan fingerprint density at radius 2 is 2.19 bits per heavy atom. The van der Waals surface area contributed by atoms with Crippen molar-refractivity contribution in [1.29, 1.82) is 0 Å². The van der Waals surface area contributed by atoms with Gasteiger partial charge in [-0.1, -0.05) is 6.07 Å². The molecule has 0 bridgehead atoms. The lowest BCUT2D eigenvalue weighted by Crippen LogP contribution is -2.18. The van der Waals surface area contributed by atoms with E-state index in [1.807, 2.05) is 12.1 Å². The van der Waals surface area contributed by atoms with Crippen molar-refractivity contribution in [2.24, 2.45) is 0 Å². The number of phenolic OH excluding ortho intramolecular Hbond substituents is 1. The summed E-state index contributed by atoms with van der Waals surface area (Å²) in [6.07, 6.45) is 0.411. The molecule has 1 aromatic rings. The van der Waals surface area contributed by atoms with Crippen LogP contribution in [0.25, 0.3) is 0 Å². The minimum absolute atomic E-state index is 0.226. The monoisotopic (exact) mass is 225 g/mol. The van der Waals surface area contributed by atoms with Gasteiger partial charge in [0.25, 0.3) is 0 Å². The van der Waals surface area contributed by atoms with E-state index in [1.165, 1.54) is 0 Å². The quantitative estimate of drug-likeness (QED) is 0.638. The third-order valence-corrected chi connectivity index (χ3v) is 2.35. The van der Waals surface area contributed by atoms with Gasteiger partial charge in [-0.2, -0.15) is 0 Å². The van der Waals surface area contributed by atoms with Gasteiger partial charge in [0.15, 0.2) is 0 Å². The van der Waals surface area contributed by atoms with Crippen LogP contribution in [0.4, 0.5) is 0 Å². The fraction of sp³-hybridized carbons (Fsp3) is 0.500. The molecule has 0 radical (unpaired) electrons. The Morgan fingerprint density at radius 3 is 2.75 bits per heavy atom. The van der Waals surface area contributed by atoms with Gasteiger partial charge in [-0.15, -0.1) is 0 Å². The lowest BCUT2D eigenvalue weighted by molar-refractivity contribution is 0.183. The molecule has 4 nitrogen and oxygen atoms in total. The van der Waals surface area contributed by atoms with E-state index in [-0.39, 0.29) is 11.9 Å². The van der Waals surface area contributed by atoms with Crippen LogP contribution in [0.2, 0.25) is 0 Å². The molecule has 0 saturated carbocycles. The number of methoxy groups -OCH3 is 1. The first-order chi connectivity index (χ1) is 7.63. The van der Waals surface area contributed by atoms with Crippen LogP contribution in [0.1, 0.15) is 18.9 Å². The summed E-state index contributed by atoms with van der Waals surface area (Å²) in [6.45, 7) is 3.07. The number of hydrogen-bond donors (Lipinski definition) is 3. The molecule has 0 spiro atoms. The normalized spacial score (nSPS) is 12.4. The molecule has 0 heterocycles. The number of ether oxygens (including phenoxy) is 1. The molecule has 1 unspecified atom stereocenters. The van der Waals surface area contributed by atoms with Gasteiger partial charge >= 0.3 is 0 Å². The SMILES string of the molecule is COc1ccc(CNCCC(C)O)c(O)c1. The average molecular weight is 225 g/mol. The summed E-state index contributed by atoms with van der Waals surface area (Å²) in [4.78, 5) is 0. The van der Waals surface area contributed by atoms with Crippen LogP contribution in [0, 0.1) is 0 Å². The summed E-state index contributed by atoms with van der Waals surface area (Å²) < 4.78 is 4.99. The van der Waals surface area contributed by atoms with Gasteiger partial charge in [0, 0.05) is 18.2 Å². The second-order valence-corrected chi connectivity index (χ2v) is 3.81. The van der Waals surface area contributed by atoms with Crippen LogP contribution in [-0.4, -0.2) is 30.0 Å². The summed E-state index contributed by atoms with van der Waals surface area (Å²) in [5.74, 6) is 0.870. The first-order valence-corrected chi connectivity index (χ1v) is 5.38. The number of aliphatic hydroxyl groups is 1. The number of aliphatic hydroxyl groups excluding tert-OH is 1. The standard InChI is InChI=1S/C12H19NO3/c1-9(14)5-6-13-8-10-3-4-11(16-2)7-12(10)15/h3-4,7,9,13-15H,5-6,8H2,1-2H3. The zero-order chi connectivity index (χ0) is 12.0. The molecule has 0 aliphatic rings. The molecule has 16 heavy (non-hydrogen) atoms. The molecule has 0 aromatic heterocycles. The van der Waals surface area contributed by atoms with E-state index in [1.54, 1.807) is 20.1 Å². The Hall–Kier alpha value is -1.26. The van der Waals surface area contributed by atoms with Gasteiger partial charge in [-0.05, 0) is 26.0 Å². The minimum atomic E-state index is -0.294. The maximum Gasteiger partial charge on any atom is 0.123 e. The smallest absolute Gasteiger partial charge is 0.123 e. The van der Waals surface area contributed by atoms with Crippen molar-refractivity contribution < 1.29 is 14.9 Å². The molecule has 1 atom stereocenters. The third kappa shape index (κ3) is 4.08. The zero-order valence-electron chi connectivity index (χ0n) is 9.73. The van der Waals surface area contributed by atoms with Crippen LogP contribution >= 0.6 is 0 Å². The van der Waals surface area contributed by atoms with Crippen molar-refractivity contribution in [3.8, 4) is 11.5 Å². The van der Waals surface area contributed by atoms with Crippen molar-refractivity contribution >= 4 is 0 Å². The van der Waals surface area contributed by atoms with Crippen LogP contribution in [-0.2, 0) is 6.54 Å². The minimum Gasteiger partial charge on any atom is -0.507 e. The molecule has 0 fully saturated rings. The fourth-order valence-electron chi connectivity index (χ4n) is 1.35. The van der Waals surface area contributed by atoms with E-state index in [9.17, 15) is 5.11 Å². The van der Waals surface area contributed by atoms with E-state index in [4.69, 9.17) is 9.84 Å². The van der Waals surface area contributed by atoms with E-state index in [0.29, 0.717) is 18.7 Å². The highest BCUT2D eigenvalue weighted by atomic mass is 16.5. The number of rotatable bonds is 6. The second kappa shape index (κ2) is 6.35. The van der Waals surface area contributed by atoms with Gasteiger partial charge in [0.1, 0.15) is 11.5 Å². The second-order valence-electron chi connectivity index (χ2n) is 3.81. The third-order valence-electron chi connectivity index (χ3n) is 2.35. The van der Waals surface area contributed by atoms with Gasteiger partial charge in [0.2, 0.25) is 0 Å². The molecule has 0 saturated heterocycles. The molecular weight excluding hydrogens is 206 g/mol. The van der Waals surface area contributed by atoms with Crippen molar-refractivity contribution in [2.45, 2.75) is 26.0 Å². The molecule has 0 aliphatic carbocycles. The first kappa shape index (κ1) is 12.8. The van der Waals surface area contributed by atoms with E-state index < -0.39 is 0 Å². The van der Waals surface area contributed by atoms with Crippen molar-refractivity contribution in [2.75, 3.05) is 13.7 Å². The van der Waals surface area contributed by atoms with Crippen LogP contribution in [0.15, 0.2) is 18.2 Å². The Labute approximate surface area is 95.9 Å². The maximum absolute atomic E-state index is 9.66. The maximum atomic E-state index is 9.66. The molecule has 4 heteroatoms. The van der Waals surface area contributed by atoms with Crippen molar-refractivity contribution in [3.05, 3.63) is 23.8 Å². The van der Waals surface area contributed by atoms with E-state index in [2.05, 4.69) is 5.32 Å². The number of phenols is 1. The summed E-state index contributed by atoms with van der Waals surface area (Å²) in [7, 11) is 1.56. The van der Waals surface area contributed by atoms with Crippen molar-refractivity contribution in [3.63, 3.8) is 0 Å².